The molecule has 4 heteroatoms. The Bertz CT molecular complexity index is 2790. The summed E-state index contributed by atoms with van der Waals surface area (Å²) in [5.74, 6) is 0. The van der Waals surface area contributed by atoms with Crippen molar-refractivity contribution in [1.29, 1.82) is 0 Å². The molecule has 55 heavy (non-hydrogen) atoms. The molecule has 0 aliphatic carbocycles. The predicted molar refractivity (Wildman–Crippen MR) is 236 cm³/mol. The van der Waals surface area contributed by atoms with E-state index in [1.54, 1.807) is 0 Å². The molecule has 3 nitrogen and oxygen atoms in total. The molecule has 0 N–H and O–H groups in total. The molecule has 0 spiro atoms. The van der Waals surface area contributed by atoms with Crippen LogP contribution in [0.5, 0.6) is 0 Å². The van der Waals surface area contributed by atoms with E-state index in [1.165, 1.54) is 71.8 Å². The van der Waals surface area contributed by atoms with Crippen LogP contribution in [0, 0.1) is 0 Å². The second-order valence-corrected chi connectivity index (χ2v) is 17.4. The highest BCUT2D eigenvalue weighted by Crippen LogP contribution is 2.47. The minimum Gasteiger partial charge on any atom is -0.311 e. The van der Waals surface area contributed by atoms with Gasteiger partial charge in [-0.05, 0) is 120 Å². The molecule has 0 amide bonds. The van der Waals surface area contributed by atoms with Gasteiger partial charge in [-0.25, -0.2) is 0 Å². The third-order valence-electron chi connectivity index (χ3n) is 11.8. The Hall–Kier alpha value is -6.13. The van der Waals surface area contributed by atoms with E-state index in [2.05, 4.69) is 196 Å². The summed E-state index contributed by atoms with van der Waals surface area (Å²) in [7, 11) is 0. The molecule has 0 radical (unpaired) electrons. The van der Waals surface area contributed by atoms with Gasteiger partial charge in [-0.3, -0.25) is 4.98 Å². The number of aromatic nitrogens is 1. The number of nitrogens with zero attached hydrogens (tertiary/aromatic N) is 3. The van der Waals surface area contributed by atoms with Gasteiger partial charge in [-0.2, -0.15) is 0 Å². The van der Waals surface area contributed by atoms with Crippen LogP contribution in [-0.4, -0.2) is 11.7 Å². The lowest BCUT2D eigenvalue weighted by atomic mass is 9.33. The lowest BCUT2D eigenvalue weighted by Gasteiger charge is -2.45. The molecule has 0 fully saturated rings. The quantitative estimate of drug-likeness (QED) is 0.170. The Morgan fingerprint density at radius 3 is 1.67 bits per heavy atom. The summed E-state index contributed by atoms with van der Waals surface area (Å²) in [5, 5.41) is 4.95. The molecule has 2 aliphatic rings. The van der Waals surface area contributed by atoms with Gasteiger partial charge >= 0.3 is 0 Å². The summed E-state index contributed by atoms with van der Waals surface area (Å²) in [6, 6.07) is 54.8. The van der Waals surface area contributed by atoms with E-state index < -0.39 is 0 Å². The van der Waals surface area contributed by atoms with Crippen molar-refractivity contribution in [1.82, 2.24) is 4.98 Å². The minimum absolute atomic E-state index is 0.0144. The summed E-state index contributed by atoms with van der Waals surface area (Å²) >= 11 is 0. The first-order chi connectivity index (χ1) is 26.5. The van der Waals surface area contributed by atoms with Crippen LogP contribution in [0.2, 0.25) is 0 Å². The summed E-state index contributed by atoms with van der Waals surface area (Å²) in [6.45, 7) is 13.8. The molecule has 0 atom stereocenters. The molecular formula is C51H44BN3. The van der Waals surface area contributed by atoms with Crippen molar-refractivity contribution in [2.24, 2.45) is 0 Å². The van der Waals surface area contributed by atoms with E-state index in [0.29, 0.717) is 0 Å². The number of rotatable bonds is 3. The molecule has 1 aromatic heterocycles. The van der Waals surface area contributed by atoms with E-state index in [9.17, 15) is 0 Å². The Kier molecular flexibility index (Phi) is 7.42. The third kappa shape index (κ3) is 5.46. The van der Waals surface area contributed by atoms with E-state index in [1.807, 2.05) is 18.5 Å². The fourth-order valence-electron chi connectivity index (χ4n) is 8.84. The average Bonchev–Trinajstić information content (AvgIpc) is 3.19. The van der Waals surface area contributed by atoms with Crippen LogP contribution in [0.1, 0.15) is 52.7 Å². The van der Waals surface area contributed by atoms with Crippen LogP contribution < -0.4 is 26.2 Å². The van der Waals surface area contributed by atoms with Gasteiger partial charge < -0.3 is 9.80 Å². The van der Waals surface area contributed by atoms with Crippen molar-refractivity contribution in [3.8, 4) is 11.1 Å². The Labute approximate surface area is 325 Å². The predicted octanol–water partition coefficient (Wildman–Crippen LogP) is 11.7. The van der Waals surface area contributed by atoms with Crippen LogP contribution in [0.15, 0.2) is 158 Å². The van der Waals surface area contributed by atoms with Crippen LogP contribution in [0.3, 0.4) is 0 Å². The van der Waals surface area contributed by atoms with Crippen LogP contribution in [-0.2, 0) is 10.8 Å². The van der Waals surface area contributed by atoms with Gasteiger partial charge in [-0.1, -0.05) is 133 Å². The molecule has 0 saturated carbocycles. The topological polar surface area (TPSA) is 19.4 Å². The fourth-order valence-corrected chi connectivity index (χ4v) is 8.84. The van der Waals surface area contributed by atoms with Gasteiger partial charge in [0.05, 0.1) is 0 Å². The van der Waals surface area contributed by atoms with Crippen LogP contribution >= 0.6 is 0 Å². The molecule has 0 bridgehead atoms. The van der Waals surface area contributed by atoms with Gasteiger partial charge in [-0.15, -0.1) is 0 Å². The summed E-state index contributed by atoms with van der Waals surface area (Å²) in [6.07, 6.45) is 3.85. The summed E-state index contributed by atoms with van der Waals surface area (Å²) in [5.41, 5.74) is 16.1. The smallest absolute Gasteiger partial charge is 0.252 e. The van der Waals surface area contributed by atoms with Gasteiger partial charge in [0.2, 0.25) is 0 Å². The maximum atomic E-state index is 4.59. The monoisotopic (exact) mass is 709 g/mol. The largest absolute Gasteiger partial charge is 0.311 e. The van der Waals surface area contributed by atoms with Gasteiger partial charge in [0.1, 0.15) is 0 Å². The van der Waals surface area contributed by atoms with Gasteiger partial charge in [0, 0.05) is 52.1 Å². The zero-order valence-corrected chi connectivity index (χ0v) is 32.4. The van der Waals surface area contributed by atoms with E-state index >= 15 is 0 Å². The molecule has 3 heterocycles. The standard InChI is InChI=1S/C51H44BN3/c1-50(2,3)39-18-22-41(23-19-39)54-45-24-20-40(51(4,5)6)31-44(45)52-43-27-35-14-9-10-15-36(35)28-46(43)55(42-21-17-33-12-7-8-13-34(33)26-42)48-30-38(29-47(54)49(48)52)37-16-11-25-53-32-37/h7-32H,1-6H3. The molecule has 266 valence electrons. The molecule has 10 rings (SSSR count). The number of hydrogen-bond acceptors (Lipinski definition) is 3. The Balaban J connectivity index is 1.34. The highest BCUT2D eigenvalue weighted by molar-refractivity contribution is 7.00. The molecule has 7 aromatic carbocycles. The van der Waals surface area contributed by atoms with Crippen molar-refractivity contribution in [2.45, 2.75) is 52.4 Å². The van der Waals surface area contributed by atoms with E-state index in [0.717, 1.165) is 22.5 Å². The van der Waals surface area contributed by atoms with Gasteiger partial charge in [0.25, 0.3) is 6.71 Å². The van der Waals surface area contributed by atoms with Gasteiger partial charge in [0.15, 0.2) is 0 Å². The van der Waals surface area contributed by atoms with E-state index in [4.69, 9.17) is 0 Å². The first-order valence-electron chi connectivity index (χ1n) is 19.5. The number of hydrogen-bond donors (Lipinski definition) is 0. The summed E-state index contributed by atoms with van der Waals surface area (Å²) in [4.78, 5) is 9.64. The molecular weight excluding hydrogens is 665 g/mol. The van der Waals surface area contributed by atoms with Crippen molar-refractivity contribution in [3.63, 3.8) is 0 Å². The van der Waals surface area contributed by atoms with Crippen LogP contribution in [0.25, 0.3) is 32.7 Å². The van der Waals surface area contributed by atoms with Crippen molar-refractivity contribution in [3.05, 3.63) is 169 Å². The number of pyridine rings is 1. The third-order valence-corrected chi connectivity index (χ3v) is 11.8. The van der Waals surface area contributed by atoms with Crippen molar-refractivity contribution in [2.75, 3.05) is 9.80 Å². The average molecular weight is 710 g/mol. The fraction of sp³-hybridized carbons (Fsp3) is 0.157. The van der Waals surface area contributed by atoms with E-state index in [-0.39, 0.29) is 17.5 Å². The second kappa shape index (κ2) is 12.2. The first-order valence-corrected chi connectivity index (χ1v) is 19.5. The number of fused-ring (bicyclic) bond motifs is 6. The first kappa shape index (κ1) is 33.4. The normalized spacial score (nSPS) is 13.5. The lowest BCUT2D eigenvalue weighted by molar-refractivity contribution is 0.590. The number of benzene rings is 7. The second-order valence-electron chi connectivity index (χ2n) is 17.4. The molecule has 8 aromatic rings. The minimum atomic E-state index is -0.0144. The molecule has 0 unspecified atom stereocenters. The molecule has 2 aliphatic heterocycles. The van der Waals surface area contributed by atoms with Crippen LogP contribution in [0.4, 0.5) is 34.1 Å². The highest BCUT2D eigenvalue weighted by Gasteiger charge is 2.44. The lowest BCUT2D eigenvalue weighted by Crippen LogP contribution is -2.61. The Morgan fingerprint density at radius 1 is 0.436 bits per heavy atom. The highest BCUT2D eigenvalue weighted by atomic mass is 15.2. The SMILES string of the molecule is CC(C)(C)c1ccc(N2c3ccc(C(C)(C)C)cc3B3c4cc5ccccc5cc4N(c4ccc5ccccc5c4)c4cc(-c5cccnc5)cc2c43)cc1. The molecule has 0 saturated heterocycles. The van der Waals surface area contributed by atoms with Crippen molar-refractivity contribution >= 4 is 78.8 Å². The zero-order valence-electron chi connectivity index (χ0n) is 32.4. The zero-order chi connectivity index (χ0) is 37.6. The number of anilines is 6. The Morgan fingerprint density at radius 2 is 1.02 bits per heavy atom. The maximum Gasteiger partial charge on any atom is 0.252 e. The van der Waals surface area contributed by atoms with Crippen molar-refractivity contribution < 1.29 is 0 Å². The maximum absolute atomic E-state index is 4.59. The summed E-state index contributed by atoms with van der Waals surface area (Å²) < 4.78 is 0.